The second kappa shape index (κ2) is 5.26. The van der Waals surface area contributed by atoms with E-state index in [1.807, 2.05) is 14.0 Å². The molecule has 2 heterocycles. The lowest BCUT2D eigenvalue weighted by Gasteiger charge is -2.38. The Balaban J connectivity index is 2.09. The lowest BCUT2D eigenvalue weighted by molar-refractivity contribution is -0.156. The number of piperidine rings is 1. The van der Waals surface area contributed by atoms with E-state index < -0.39 is 12.0 Å². The zero-order valence-corrected chi connectivity index (χ0v) is 11.1. The molecule has 2 aliphatic rings. The van der Waals surface area contributed by atoms with Gasteiger partial charge in [0.15, 0.2) is 0 Å². The molecule has 18 heavy (non-hydrogen) atoms. The molecule has 2 saturated heterocycles. The highest BCUT2D eigenvalue weighted by Gasteiger charge is 2.40. The van der Waals surface area contributed by atoms with Crippen LogP contribution in [0.3, 0.4) is 0 Å². The fourth-order valence-electron chi connectivity index (χ4n) is 3.18. The molecule has 1 amide bonds. The molecule has 3 atom stereocenters. The van der Waals surface area contributed by atoms with Crippen LogP contribution in [0.5, 0.6) is 0 Å². The Morgan fingerprint density at radius 3 is 2.50 bits per heavy atom. The monoisotopic (exact) mass is 254 g/mol. The van der Waals surface area contributed by atoms with E-state index in [1.165, 1.54) is 0 Å². The quantitative estimate of drug-likeness (QED) is 0.786. The number of hydrogen-bond acceptors (Lipinski definition) is 3. The van der Waals surface area contributed by atoms with Gasteiger partial charge in [0.2, 0.25) is 5.91 Å². The molecule has 0 bridgehead atoms. The Labute approximate surface area is 108 Å². The molecule has 0 aliphatic carbocycles. The number of likely N-dealkylation sites (tertiary alicyclic amines) is 2. The molecule has 1 N–H and O–H groups in total. The van der Waals surface area contributed by atoms with Crippen LogP contribution in [0.25, 0.3) is 0 Å². The number of hydrogen-bond donors (Lipinski definition) is 1. The van der Waals surface area contributed by atoms with Crippen LogP contribution >= 0.6 is 0 Å². The van der Waals surface area contributed by atoms with Crippen LogP contribution in [-0.2, 0) is 9.59 Å². The molecular weight excluding hydrogens is 232 g/mol. The molecule has 0 saturated carbocycles. The summed E-state index contributed by atoms with van der Waals surface area (Å²) in [6.45, 7) is 4.22. The second-order valence-corrected chi connectivity index (χ2v) is 5.68. The maximum absolute atomic E-state index is 12.4. The van der Waals surface area contributed by atoms with E-state index in [4.69, 9.17) is 0 Å². The maximum atomic E-state index is 12.4. The number of carbonyl (C=O) groups is 2. The first kappa shape index (κ1) is 13.3. The van der Waals surface area contributed by atoms with Crippen molar-refractivity contribution in [3.8, 4) is 0 Å². The van der Waals surface area contributed by atoms with E-state index in [-0.39, 0.29) is 17.7 Å². The third-order valence-corrected chi connectivity index (χ3v) is 4.21. The van der Waals surface area contributed by atoms with Crippen molar-refractivity contribution in [2.45, 2.75) is 32.2 Å². The molecule has 0 spiro atoms. The van der Waals surface area contributed by atoms with Gasteiger partial charge in [-0.3, -0.25) is 4.79 Å². The molecule has 2 fully saturated rings. The molecule has 2 rings (SSSR count). The molecule has 2 aliphatic heterocycles. The third-order valence-electron chi connectivity index (χ3n) is 4.21. The van der Waals surface area contributed by atoms with Crippen molar-refractivity contribution in [3.63, 3.8) is 0 Å². The SMILES string of the molecule is CC1CCCN(C(=O)C2CCN(C)C2)C1C(=O)O. The maximum Gasteiger partial charge on any atom is 0.326 e. The molecule has 5 nitrogen and oxygen atoms in total. The molecule has 0 radical (unpaired) electrons. The standard InChI is InChI=1S/C13H22N2O3/c1-9-4-3-6-15(11(9)13(17)18)12(16)10-5-7-14(2)8-10/h9-11H,3-8H2,1-2H3,(H,17,18). The van der Waals surface area contributed by atoms with Crippen molar-refractivity contribution in [2.75, 3.05) is 26.7 Å². The zero-order valence-electron chi connectivity index (χ0n) is 11.1. The van der Waals surface area contributed by atoms with E-state index >= 15 is 0 Å². The van der Waals surface area contributed by atoms with Gasteiger partial charge in [-0.1, -0.05) is 6.92 Å². The predicted molar refractivity (Wildman–Crippen MR) is 67.1 cm³/mol. The highest BCUT2D eigenvalue weighted by Crippen LogP contribution is 2.27. The number of nitrogens with zero attached hydrogens (tertiary/aromatic N) is 2. The summed E-state index contributed by atoms with van der Waals surface area (Å²) in [5.41, 5.74) is 0. The lowest BCUT2D eigenvalue weighted by Crippen LogP contribution is -2.53. The van der Waals surface area contributed by atoms with Gasteiger partial charge in [0.25, 0.3) is 0 Å². The highest BCUT2D eigenvalue weighted by molar-refractivity contribution is 5.85. The Morgan fingerprint density at radius 2 is 1.94 bits per heavy atom. The third kappa shape index (κ3) is 2.51. The van der Waals surface area contributed by atoms with Crippen LogP contribution in [-0.4, -0.2) is 59.5 Å². The average molecular weight is 254 g/mol. The summed E-state index contributed by atoms with van der Waals surface area (Å²) in [6, 6.07) is -0.628. The van der Waals surface area contributed by atoms with Gasteiger partial charge < -0.3 is 14.9 Å². The number of carbonyl (C=O) groups excluding carboxylic acids is 1. The van der Waals surface area contributed by atoms with Crippen LogP contribution in [0.4, 0.5) is 0 Å². The van der Waals surface area contributed by atoms with E-state index in [9.17, 15) is 14.7 Å². The number of carboxylic acids is 1. The summed E-state index contributed by atoms with van der Waals surface area (Å²) in [5, 5.41) is 9.32. The van der Waals surface area contributed by atoms with E-state index in [0.29, 0.717) is 6.54 Å². The fourth-order valence-corrected chi connectivity index (χ4v) is 3.18. The Kier molecular flexibility index (Phi) is 3.90. The zero-order chi connectivity index (χ0) is 13.3. The highest BCUT2D eigenvalue weighted by atomic mass is 16.4. The summed E-state index contributed by atoms with van der Waals surface area (Å²) in [5.74, 6) is -0.776. The van der Waals surface area contributed by atoms with Crippen molar-refractivity contribution < 1.29 is 14.7 Å². The second-order valence-electron chi connectivity index (χ2n) is 5.68. The first-order valence-electron chi connectivity index (χ1n) is 6.72. The van der Waals surface area contributed by atoms with Crippen LogP contribution in [0.15, 0.2) is 0 Å². The summed E-state index contributed by atoms with van der Waals surface area (Å²) in [7, 11) is 2.00. The van der Waals surface area contributed by atoms with Gasteiger partial charge in [-0.05, 0) is 38.8 Å². The van der Waals surface area contributed by atoms with E-state index in [1.54, 1.807) is 4.90 Å². The Morgan fingerprint density at radius 1 is 1.22 bits per heavy atom. The van der Waals surface area contributed by atoms with Crippen LogP contribution in [0, 0.1) is 11.8 Å². The number of rotatable bonds is 2. The van der Waals surface area contributed by atoms with Crippen LogP contribution in [0.1, 0.15) is 26.2 Å². The molecule has 0 aromatic heterocycles. The summed E-state index contributed by atoms with van der Waals surface area (Å²) in [6.07, 6.45) is 2.66. The molecule has 5 heteroatoms. The first-order chi connectivity index (χ1) is 8.50. The summed E-state index contributed by atoms with van der Waals surface area (Å²) >= 11 is 0. The molecule has 3 unspecified atom stereocenters. The first-order valence-corrected chi connectivity index (χ1v) is 6.72. The molecule has 0 aromatic rings. The molecule has 102 valence electrons. The van der Waals surface area contributed by atoms with Gasteiger partial charge in [0, 0.05) is 13.1 Å². The Hall–Kier alpha value is -1.10. The van der Waals surface area contributed by atoms with Gasteiger partial charge in [0.05, 0.1) is 5.92 Å². The van der Waals surface area contributed by atoms with Crippen molar-refractivity contribution in [1.82, 2.24) is 9.80 Å². The van der Waals surface area contributed by atoms with Gasteiger partial charge in [0.1, 0.15) is 6.04 Å². The van der Waals surface area contributed by atoms with Crippen LogP contribution in [0.2, 0.25) is 0 Å². The summed E-state index contributed by atoms with van der Waals surface area (Å²) < 4.78 is 0. The van der Waals surface area contributed by atoms with Crippen molar-refractivity contribution in [3.05, 3.63) is 0 Å². The van der Waals surface area contributed by atoms with Gasteiger partial charge in [-0.25, -0.2) is 4.79 Å². The largest absolute Gasteiger partial charge is 0.480 e. The number of amides is 1. The van der Waals surface area contributed by atoms with Gasteiger partial charge in [-0.15, -0.1) is 0 Å². The van der Waals surface area contributed by atoms with E-state index in [0.717, 1.165) is 32.4 Å². The predicted octanol–water partition coefficient (Wildman–Crippen LogP) is 0.650. The summed E-state index contributed by atoms with van der Waals surface area (Å²) in [4.78, 5) is 27.5. The minimum absolute atomic E-state index is 0.0119. The lowest BCUT2D eigenvalue weighted by atomic mass is 9.89. The van der Waals surface area contributed by atoms with Gasteiger partial charge in [-0.2, -0.15) is 0 Å². The minimum Gasteiger partial charge on any atom is -0.480 e. The minimum atomic E-state index is -0.859. The van der Waals surface area contributed by atoms with E-state index in [2.05, 4.69) is 4.90 Å². The average Bonchev–Trinajstić information content (AvgIpc) is 2.74. The fraction of sp³-hybridized carbons (Fsp3) is 0.846. The van der Waals surface area contributed by atoms with Crippen molar-refractivity contribution in [2.24, 2.45) is 11.8 Å². The van der Waals surface area contributed by atoms with Crippen LogP contribution < -0.4 is 0 Å². The molecular formula is C13H22N2O3. The normalized spacial score (nSPS) is 33.7. The Bertz CT molecular complexity index is 345. The van der Waals surface area contributed by atoms with Crippen molar-refractivity contribution >= 4 is 11.9 Å². The topological polar surface area (TPSA) is 60.9 Å². The smallest absolute Gasteiger partial charge is 0.326 e. The number of carboxylic acid groups (broad SMARTS) is 1. The van der Waals surface area contributed by atoms with Gasteiger partial charge >= 0.3 is 5.97 Å². The number of aliphatic carboxylic acids is 1. The van der Waals surface area contributed by atoms with Crippen molar-refractivity contribution in [1.29, 1.82) is 0 Å². The molecule has 0 aromatic carbocycles.